The molecule has 2 N–H and O–H groups in total. The number of aromatic nitrogens is 1. The van der Waals surface area contributed by atoms with Gasteiger partial charge in [-0.25, -0.2) is 0 Å². The van der Waals surface area contributed by atoms with E-state index < -0.39 is 0 Å². The Morgan fingerprint density at radius 1 is 1.63 bits per heavy atom. The first-order chi connectivity index (χ1) is 9.02. The van der Waals surface area contributed by atoms with Crippen LogP contribution in [0.4, 0.5) is 5.69 Å². The van der Waals surface area contributed by atoms with E-state index in [1.54, 1.807) is 12.3 Å². The number of amides is 1. The van der Waals surface area contributed by atoms with Gasteiger partial charge in [-0.15, -0.1) is 0 Å². The van der Waals surface area contributed by atoms with Crippen molar-refractivity contribution in [3.05, 3.63) is 23.5 Å². The van der Waals surface area contributed by atoms with Gasteiger partial charge in [-0.2, -0.15) is 0 Å². The van der Waals surface area contributed by atoms with Gasteiger partial charge in [-0.3, -0.25) is 9.78 Å². The van der Waals surface area contributed by atoms with Crippen LogP contribution in [0, 0.1) is 6.92 Å². The first kappa shape index (κ1) is 13.8. The Labute approximate surface area is 113 Å². The monoisotopic (exact) mass is 263 g/mol. The summed E-state index contributed by atoms with van der Waals surface area (Å²) in [5.74, 6) is -0.000648. The highest BCUT2D eigenvalue weighted by atomic mass is 16.5. The molecule has 2 unspecified atom stereocenters. The van der Waals surface area contributed by atoms with Gasteiger partial charge >= 0.3 is 0 Å². The lowest BCUT2D eigenvalue weighted by Gasteiger charge is -2.38. The summed E-state index contributed by atoms with van der Waals surface area (Å²) in [6, 6.07) is 1.84. The molecule has 0 radical (unpaired) electrons. The van der Waals surface area contributed by atoms with E-state index in [1.165, 1.54) is 0 Å². The normalized spacial score (nSPS) is 23.4. The fraction of sp³-hybridized carbons (Fsp3) is 0.571. The molecule has 0 bridgehead atoms. The second-order valence-corrected chi connectivity index (χ2v) is 5.07. The molecule has 5 nitrogen and oxygen atoms in total. The topological polar surface area (TPSA) is 68.5 Å². The molecule has 0 saturated carbocycles. The molecular formula is C14H21N3O2. The first-order valence-electron chi connectivity index (χ1n) is 6.67. The van der Waals surface area contributed by atoms with Crippen molar-refractivity contribution in [3.8, 4) is 0 Å². The van der Waals surface area contributed by atoms with Crippen molar-refractivity contribution in [1.82, 2.24) is 9.88 Å². The molecule has 1 amide bonds. The van der Waals surface area contributed by atoms with Crippen LogP contribution in [-0.4, -0.2) is 41.1 Å². The summed E-state index contributed by atoms with van der Waals surface area (Å²) < 4.78 is 5.62. The van der Waals surface area contributed by atoms with Gasteiger partial charge in [0.15, 0.2) is 0 Å². The molecule has 0 spiro atoms. The zero-order chi connectivity index (χ0) is 14.0. The highest BCUT2D eigenvalue weighted by Crippen LogP contribution is 2.20. The van der Waals surface area contributed by atoms with Crippen LogP contribution in [0.1, 0.15) is 36.3 Å². The van der Waals surface area contributed by atoms with E-state index in [9.17, 15) is 4.79 Å². The van der Waals surface area contributed by atoms with E-state index in [1.807, 2.05) is 18.7 Å². The van der Waals surface area contributed by atoms with Crippen LogP contribution in [0.2, 0.25) is 0 Å². The number of aryl methyl sites for hydroxylation is 1. The Balaban J connectivity index is 2.28. The number of anilines is 1. The van der Waals surface area contributed by atoms with E-state index in [2.05, 4.69) is 11.9 Å². The maximum absolute atomic E-state index is 12.7. The number of nitrogens with two attached hydrogens (primary N) is 1. The molecule has 1 aliphatic heterocycles. The Bertz CT molecular complexity index is 476. The van der Waals surface area contributed by atoms with Crippen molar-refractivity contribution in [2.45, 2.75) is 39.3 Å². The van der Waals surface area contributed by atoms with Gasteiger partial charge in [-0.05, 0) is 26.3 Å². The summed E-state index contributed by atoms with van der Waals surface area (Å²) >= 11 is 0. The molecule has 19 heavy (non-hydrogen) atoms. The molecule has 1 saturated heterocycles. The third-order valence-electron chi connectivity index (χ3n) is 3.54. The number of hydrogen-bond acceptors (Lipinski definition) is 4. The molecule has 1 fully saturated rings. The number of nitrogen functional groups attached to an aromatic ring is 1. The Morgan fingerprint density at radius 2 is 2.37 bits per heavy atom. The quantitative estimate of drug-likeness (QED) is 0.880. The van der Waals surface area contributed by atoms with Crippen LogP contribution in [0.15, 0.2) is 12.3 Å². The van der Waals surface area contributed by atoms with Gasteiger partial charge < -0.3 is 15.4 Å². The number of carbonyl (C=O) groups is 1. The summed E-state index contributed by atoms with van der Waals surface area (Å²) in [5, 5.41) is 0. The largest absolute Gasteiger partial charge is 0.397 e. The standard InChI is InChI=1S/C14H21N3O2/c1-4-12-8-19-9(2)7-17(12)14(18)13-5-11(15)6-16-10(13)3/h5-6,9,12H,4,7-8,15H2,1-3H3. The van der Waals surface area contributed by atoms with Crippen LogP contribution < -0.4 is 5.73 Å². The Hall–Kier alpha value is -1.62. The zero-order valence-electron chi connectivity index (χ0n) is 11.7. The van der Waals surface area contributed by atoms with Crippen molar-refractivity contribution in [2.24, 2.45) is 0 Å². The van der Waals surface area contributed by atoms with Crippen molar-refractivity contribution in [2.75, 3.05) is 18.9 Å². The third kappa shape index (κ3) is 2.87. The van der Waals surface area contributed by atoms with Gasteiger partial charge in [0.05, 0.1) is 41.9 Å². The highest BCUT2D eigenvalue weighted by molar-refractivity contribution is 5.96. The minimum Gasteiger partial charge on any atom is -0.397 e. The second kappa shape index (κ2) is 5.57. The van der Waals surface area contributed by atoms with E-state index in [0.29, 0.717) is 30.1 Å². The van der Waals surface area contributed by atoms with Crippen LogP contribution in [-0.2, 0) is 4.74 Å². The zero-order valence-corrected chi connectivity index (χ0v) is 11.7. The summed E-state index contributed by atoms with van der Waals surface area (Å²) in [7, 11) is 0. The number of ether oxygens (including phenoxy) is 1. The fourth-order valence-corrected chi connectivity index (χ4v) is 2.35. The number of hydrogen-bond donors (Lipinski definition) is 1. The number of morpholine rings is 1. The molecule has 1 aromatic rings. The molecule has 0 aliphatic carbocycles. The fourth-order valence-electron chi connectivity index (χ4n) is 2.35. The minimum atomic E-state index is -0.000648. The van der Waals surface area contributed by atoms with E-state index >= 15 is 0 Å². The van der Waals surface area contributed by atoms with Gasteiger partial charge in [-0.1, -0.05) is 6.92 Å². The number of pyridine rings is 1. The van der Waals surface area contributed by atoms with Crippen molar-refractivity contribution < 1.29 is 9.53 Å². The number of rotatable bonds is 2. The molecular weight excluding hydrogens is 242 g/mol. The predicted molar refractivity (Wildman–Crippen MR) is 73.9 cm³/mol. The van der Waals surface area contributed by atoms with E-state index in [4.69, 9.17) is 10.5 Å². The maximum atomic E-state index is 12.7. The summed E-state index contributed by atoms with van der Waals surface area (Å²) in [6.45, 7) is 7.09. The van der Waals surface area contributed by atoms with E-state index in [0.717, 1.165) is 6.42 Å². The predicted octanol–water partition coefficient (Wildman–Crippen LogP) is 1.61. The lowest BCUT2D eigenvalue weighted by Crippen LogP contribution is -2.51. The molecule has 5 heteroatoms. The average molecular weight is 263 g/mol. The number of nitrogens with zero attached hydrogens (tertiary/aromatic N) is 2. The van der Waals surface area contributed by atoms with Crippen LogP contribution in [0.5, 0.6) is 0 Å². The third-order valence-corrected chi connectivity index (χ3v) is 3.54. The van der Waals surface area contributed by atoms with Crippen molar-refractivity contribution in [1.29, 1.82) is 0 Å². The summed E-state index contributed by atoms with van der Waals surface area (Å²) in [6.07, 6.45) is 2.53. The minimum absolute atomic E-state index is 0.000648. The van der Waals surface area contributed by atoms with E-state index in [-0.39, 0.29) is 18.1 Å². The molecule has 1 aliphatic rings. The summed E-state index contributed by atoms with van der Waals surface area (Å²) in [5.41, 5.74) is 7.55. The van der Waals surface area contributed by atoms with Gasteiger partial charge in [0.25, 0.3) is 5.91 Å². The van der Waals surface area contributed by atoms with Gasteiger partial charge in [0.2, 0.25) is 0 Å². The SMILES string of the molecule is CCC1COC(C)CN1C(=O)c1cc(N)cnc1C. The molecule has 0 aromatic carbocycles. The second-order valence-electron chi connectivity index (χ2n) is 5.07. The first-order valence-corrected chi connectivity index (χ1v) is 6.67. The van der Waals surface area contributed by atoms with Crippen molar-refractivity contribution >= 4 is 11.6 Å². The lowest BCUT2D eigenvalue weighted by atomic mass is 10.1. The summed E-state index contributed by atoms with van der Waals surface area (Å²) in [4.78, 5) is 18.7. The lowest BCUT2D eigenvalue weighted by molar-refractivity contribution is -0.0444. The van der Waals surface area contributed by atoms with Crippen LogP contribution in [0.3, 0.4) is 0 Å². The van der Waals surface area contributed by atoms with Gasteiger partial charge in [0.1, 0.15) is 0 Å². The molecule has 104 valence electrons. The van der Waals surface area contributed by atoms with Crippen LogP contribution >= 0.6 is 0 Å². The molecule has 2 atom stereocenters. The Kier molecular flexibility index (Phi) is 4.04. The Morgan fingerprint density at radius 3 is 3.05 bits per heavy atom. The smallest absolute Gasteiger partial charge is 0.256 e. The molecule has 2 rings (SSSR count). The van der Waals surface area contributed by atoms with Gasteiger partial charge in [0, 0.05) is 6.54 Å². The van der Waals surface area contributed by atoms with Crippen LogP contribution in [0.25, 0.3) is 0 Å². The average Bonchev–Trinajstić information content (AvgIpc) is 2.40. The molecule has 1 aromatic heterocycles. The molecule has 2 heterocycles. The highest BCUT2D eigenvalue weighted by Gasteiger charge is 2.30. The number of carbonyl (C=O) groups excluding carboxylic acids is 1. The maximum Gasteiger partial charge on any atom is 0.256 e. The van der Waals surface area contributed by atoms with Crippen molar-refractivity contribution in [3.63, 3.8) is 0 Å².